The van der Waals surface area contributed by atoms with Crippen LogP contribution in [-0.2, 0) is 22.3 Å². The second kappa shape index (κ2) is 17.3. The molecular weight excluding hydrogens is 374 g/mol. The quantitative estimate of drug-likeness (QED) is 0.370. The zero-order valence-corrected chi connectivity index (χ0v) is 20.7. The number of rotatable bonds is 4. The number of aryl methyl sites for hydroxylation is 1. The van der Waals surface area contributed by atoms with Crippen LogP contribution in [0.1, 0.15) is 5.56 Å². The Labute approximate surface area is 190 Å². The monoisotopic (exact) mass is 382 g/mol. The Bertz CT molecular complexity index is 440. The summed E-state index contributed by atoms with van der Waals surface area (Å²) in [6.45, 7) is 2.08. The van der Waals surface area contributed by atoms with Gasteiger partial charge >= 0.3 is 113 Å². The molecule has 2 atom stereocenters. The van der Waals surface area contributed by atoms with Gasteiger partial charge in [-0.25, -0.2) is 0 Å². The molecule has 1 aromatic rings. The van der Waals surface area contributed by atoms with Crippen molar-refractivity contribution in [3.8, 4) is 0 Å². The van der Waals surface area contributed by atoms with Crippen LogP contribution in [0.25, 0.3) is 0 Å². The first kappa shape index (κ1) is 31.2. The van der Waals surface area contributed by atoms with Crippen LogP contribution < -0.4 is 103 Å². The molecule has 8 nitrogen and oxygen atoms in total. The minimum atomic E-state index is -5.25. The largest absolute Gasteiger partial charge is 1.00 e. The molecule has 0 aromatic heterocycles. The summed E-state index contributed by atoms with van der Waals surface area (Å²) in [4.78, 5) is 29.2. The SMILES string of the molecule is Cc1ccccc1.O=[P+]([O-])OP(=O)([O-])O[P+](=O)[O-].[Na+].[Na+].[Na+]. The van der Waals surface area contributed by atoms with Crippen molar-refractivity contribution in [2.75, 3.05) is 0 Å². The molecule has 0 fully saturated rings. The van der Waals surface area contributed by atoms with E-state index in [2.05, 4.69) is 27.7 Å². The van der Waals surface area contributed by atoms with Gasteiger partial charge in [-0.3, -0.25) is 4.57 Å². The second-order valence-electron chi connectivity index (χ2n) is 2.71. The van der Waals surface area contributed by atoms with Crippen molar-refractivity contribution in [1.29, 1.82) is 0 Å². The molecule has 2 unspecified atom stereocenters. The van der Waals surface area contributed by atoms with Crippen molar-refractivity contribution < 1.29 is 126 Å². The molecular formula is C7H8Na3O8P3+2. The Morgan fingerprint density at radius 2 is 1.29 bits per heavy atom. The number of hydrogen-bond acceptors (Lipinski definition) is 8. The van der Waals surface area contributed by atoms with E-state index in [0.29, 0.717) is 0 Å². The van der Waals surface area contributed by atoms with Gasteiger partial charge in [-0.05, 0) is 16.1 Å². The third-order valence-corrected chi connectivity index (χ3v) is 3.94. The van der Waals surface area contributed by atoms with Crippen LogP contribution >= 0.6 is 24.3 Å². The summed E-state index contributed by atoms with van der Waals surface area (Å²) < 4.78 is 35.4. The van der Waals surface area contributed by atoms with E-state index in [1.165, 1.54) is 5.56 Å². The van der Waals surface area contributed by atoms with Crippen molar-refractivity contribution in [2.45, 2.75) is 6.92 Å². The van der Waals surface area contributed by atoms with Crippen molar-refractivity contribution in [1.82, 2.24) is 0 Å². The van der Waals surface area contributed by atoms with E-state index >= 15 is 0 Å². The van der Waals surface area contributed by atoms with Crippen LogP contribution in [0.2, 0.25) is 0 Å². The van der Waals surface area contributed by atoms with Gasteiger partial charge in [0.2, 0.25) is 0 Å². The van der Waals surface area contributed by atoms with Crippen LogP contribution in [0.15, 0.2) is 30.3 Å². The fourth-order valence-corrected chi connectivity index (χ4v) is 2.41. The Morgan fingerprint density at radius 1 is 0.952 bits per heavy atom. The minimum absolute atomic E-state index is 0. The molecule has 1 aromatic carbocycles. The Hall–Kier alpha value is 2.45. The zero-order valence-electron chi connectivity index (χ0n) is 12.0. The summed E-state index contributed by atoms with van der Waals surface area (Å²) in [5, 5.41) is 0. The molecule has 0 aliphatic heterocycles. The molecule has 0 amide bonds. The molecule has 0 spiro atoms. The van der Waals surface area contributed by atoms with Gasteiger partial charge in [0.25, 0.3) is 0 Å². The van der Waals surface area contributed by atoms with Gasteiger partial charge in [0, 0.05) is 0 Å². The molecule has 0 aliphatic rings. The molecule has 0 saturated carbocycles. The number of benzene rings is 1. The molecule has 1 rings (SSSR count). The average molecular weight is 382 g/mol. The summed E-state index contributed by atoms with van der Waals surface area (Å²) >= 11 is 0. The second-order valence-corrected chi connectivity index (χ2v) is 5.81. The van der Waals surface area contributed by atoms with Crippen molar-refractivity contribution in [3.05, 3.63) is 35.9 Å². The Kier molecular flexibility index (Phi) is 25.7. The van der Waals surface area contributed by atoms with E-state index in [4.69, 9.17) is 0 Å². The van der Waals surface area contributed by atoms with E-state index in [-0.39, 0.29) is 88.7 Å². The predicted molar refractivity (Wildman–Crippen MR) is 56.2 cm³/mol. The smallest absolute Gasteiger partial charge is 0.750 e. The molecule has 0 aliphatic carbocycles. The maximum atomic E-state index is 10.1. The zero-order chi connectivity index (χ0) is 14.2. The molecule has 0 radical (unpaired) electrons. The Balaban J connectivity index is -0.000000127. The molecule has 14 heteroatoms. The van der Waals surface area contributed by atoms with E-state index < -0.39 is 24.3 Å². The molecule has 0 N–H and O–H groups in total. The molecule has 21 heavy (non-hydrogen) atoms. The van der Waals surface area contributed by atoms with Crippen molar-refractivity contribution in [2.24, 2.45) is 0 Å². The summed E-state index contributed by atoms with van der Waals surface area (Å²) in [6.07, 6.45) is 0. The van der Waals surface area contributed by atoms with Crippen molar-refractivity contribution >= 4 is 24.3 Å². The first-order chi connectivity index (χ1) is 8.23. The summed E-state index contributed by atoms with van der Waals surface area (Å²) in [7, 11) is -12.6. The maximum absolute atomic E-state index is 10.1. The maximum Gasteiger partial charge on any atom is 1.00 e. The van der Waals surface area contributed by atoms with E-state index in [0.717, 1.165) is 0 Å². The first-order valence-corrected chi connectivity index (χ1v) is 7.89. The normalized spacial score (nSPS) is 12.8. The van der Waals surface area contributed by atoms with Gasteiger partial charge < -0.3 is 14.7 Å². The Morgan fingerprint density at radius 3 is 1.48 bits per heavy atom. The molecule has 100 valence electrons. The van der Waals surface area contributed by atoms with Crippen LogP contribution in [0, 0.1) is 6.92 Å². The number of phosphoric acid groups is 1. The van der Waals surface area contributed by atoms with Gasteiger partial charge in [-0.2, -0.15) is 0 Å². The predicted octanol–water partition coefficient (Wildman–Crippen LogP) is -8.47. The van der Waals surface area contributed by atoms with Gasteiger partial charge in [0.05, 0.1) is 0 Å². The van der Waals surface area contributed by atoms with E-state index in [1.54, 1.807) is 0 Å². The third kappa shape index (κ3) is 22.4. The molecule has 0 saturated heterocycles. The topological polar surface area (TPSA) is 139 Å². The fraction of sp³-hybridized carbons (Fsp3) is 0.143. The van der Waals surface area contributed by atoms with Gasteiger partial charge in [0.15, 0.2) is 0 Å². The average Bonchev–Trinajstić information content (AvgIpc) is 2.14. The number of hydrogen-bond donors (Lipinski definition) is 0. The molecule has 0 bridgehead atoms. The third-order valence-electron chi connectivity index (χ3n) is 1.27. The van der Waals surface area contributed by atoms with Gasteiger partial charge in [-0.15, -0.1) is 0 Å². The van der Waals surface area contributed by atoms with Gasteiger partial charge in [-0.1, -0.05) is 44.5 Å². The van der Waals surface area contributed by atoms with Gasteiger partial charge in [0.1, 0.15) is 0 Å². The van der Waals surface area contributed by atoms with E-state index in [1.807, 2.05) is 18.2 Å². The van der Waals surface area contributed by atoms with Crippen LogP contribution in [0.4, 0.5) is 0 Å². The van der Waals surface area contributed by atoms with Crippen LogP contribution in [0.3, 0.4) is 0 Å². The summed E-state index contributed by atoms with van der Waals surface area (Å²) in [5.41, 5.74) is 1.32. The van der Waals surface area contributed by atoms with Crippen LogP contribution in [0.5, 0.6) is 0 Å². The summed E-state index contributed by atoms with van der Waals surface area (Å²) in [6, 6.07) is 10.3. The first-order valence-electron chi connectivity index (χ1n) is 4.24. The van der Waals surface area contributed by atoms with Crippen molar-refractivity contribution in [3.63, 3.8) is 0 Å². The van der Waals surface area contributed by atoms with Crippen LogP contribution in [-0.4, -0.2) is 0 Å². The minimum Gasteiger partial charge on any atom is -0.750 e. The summed E-state index contributed by atoms with van der Waals surface area (Å²) in [5.74, 6) is 0. The molecule has 0 heterocycles. The standard InChI is InChI=1S/C7H8.3Na.HO8P3/c1-7-5-3-2-4-6-7;;;;1-9(2)7-11(5,6)8-10(3)4/h2-6H,1H3;;;;(H,5,6)/q;3*+1;/p-1. The van der Waals surface area contributed by atoms with E-state index in [9.17, 15) is 28.4 Å². The fourth-order valence-electron chi connectivity index (χ4n) is 0.713.